The Bertz CT molecular complexity index is 321. The second kappa shape index (κ2) is 5.58. The Morgan fingerprint density at radius 3 is 2.07 bits per heavy atom. The van der Waals surface area contributed by atoms with Gasteiger partial charge in [0, 0.05) is 0 Å². The molecule has 2 nitrogen and oxygen atoms in total. The van der Waals surface area contributed by atoms with Crippen molar-refractivity contribution in [3.8, 4) is 11.5 Å². The van der Waals surface area contributed by atoms with E-state index in [0.717, 1.165) is 15.1 Å². The van der Waals surface area contributed by atoms with Gasteiger partial charge in [0.15, 0.2) is 0 Å². The van der Waals surface area contributed by atoms with Gasteiger partial charge in [-0.15, -0.1) is 0 Å². The molecule has 84 valence electrons. The summed E-state index contributed by atoms with van der Waals surface area (Å²) in [4.78, 5) is 0. The van der Waals surface area contributed by atoms with Crippen molar-refractivity contribution in [1.82, 2.24) is 0 Å². The van der Waals surface area contributed by atoms with Gasteiger partial charge in [-0.3, -0.25) is 0 Å². The van der Waals surface area contributed by atoms with Crippen molar-refractivity contribution in [3.63, 3.8) is 0 Å². The minimum absolute atomic E-state index is 0.204. The van der Waals surface area contributed by atoms with Gasteiger partial charge in [-0.2, -0.15) is 0 Å². The number of benzene rings is 1. The lowest BCUT2D eigenvalue weighted by molar-refractivity contribution is 0.233. The molecule has 0 spiro atoms. The van der Waals surface area contributed by atoms with Crippen molar-refractivity contribution >= 4 is 22.6 Å². The molecule has 0 fully saturated rings. The number of halogens is 1. The molecule has 1 rings (SSSR count). The molecule has 1 aromatic carbocycles. The fourth-order valence-corrected chi connectivity index (χ4v) is 1.79. The predicted molar refractivity (Wildman–Crippen MR) is 70.7 cm³/mol. The standard InChI is InChI=1S/C12H17IO2/c1-8(2)14-10-5-6-12(11(13)7-10)15-9(3)4/h5-9H,1-4H3. The minimum atomic E-state index is 0.204. The molecule has 1 aromatic rings. The number of rotatable bonds is 4. The van der Waals surface area contributed by atoms with E-state index in [1.54, 1.807) is 0 Å². The Labute approximate surface area is 105 Å². The van der Waals surface area contributed by atoms with Gasteiger partial charge >= 0.3 is 0 Å². The average molecular weight is 320 g/mol. The molecule has 0 amide bonds. The lowest BCUT2D eigenvalue weighted by Crippen LogP contribution is -2.08. The van der Waals surface area contributed by atoms with Crippen LogP contribution >= 0.6 is 22.6 Å². The van der Waals surface area contributed by atoms with E-state index in [4.69, 9.17) is 9.47 Å². The molecule has 0 heterocycles. The van der Waals surface area contributed by atoms with E-state index in [1.807, 2.05) is 45.9 Å². The van der Waals surface area contributed by atoms with Crippen molar-refractivity contribution in [1.29, 1.82) is 0 Å². The zero-order chi connectivity index (χ0) is 11.4. The molecule has 0 N–H and O–H groups in total. The Hall–Kier alpha value is -0.450. The molecule has 0 aliphatic carbocycles. The summed E-state index contributed by atoms with van der Waals surface area (Å²) in [6.45, 7) is 8.08. The maximum absolute atomic E-state index is 5.64. The third-order valence-electron chi connectivity index (χ3n) is 1.64. The lowest BCUT2D eigenvalue weighted by atomic mass is 10.3. The van der Waals surface area contributed by atoms with E-state index in [0.29, 0.717) is 0 Å². The first kappa shape index (κ1) is 12.6. The largest absolute Gasteiger partial charge is 0.491 e. The Morgan fingerprint density at radius 2 is 1.60 bits per heavy atom. The van der Waals surface area contributed by atoms with Crippen LogP contribution in [0.1, 0.15) is 27.7 Å². The van der Waals surface area contributed by atoms with Gasteiger partial charge in [0.25, 0.3) is 0 Å². The number of hydrogen-bond acceptors (Lipinski definition) is 2. The van der Waals surface area contributed by atoms with Crippen LogP contribution < -0.4 is 9.47 Å². The number of hydrogen-bond donors (Lipinski definition) is 0. The SMILES string of the molecule is CC(C)Oc1ccc(OC(C)C)c(I)c1. The van der Waals surface area contributed by atoms with E-state index in [9.17, 15) is 0 Å². The zero-order valence-electron chi connectivity index (χ0n) is 9.58. The second-order valence-electron chi connectivity index (χ2n) is 3.93. The second-order valence-corrected chi connectivity index (χ2v) is 5.09. The fraction of sp³-hybridized carbons (Fsp3) is 0.500. The van der Waals surface area contributed by atoms with Crippen LogP contribution in [0.25, 0.3) is 0 Å². The summed E-state index contributed by atoms with van der Waals surface area (Å²) in [6.07, 6.45) is 0.410. The highest BCUT2D eigenvalue weighted by Gasteiger charge is 2.05. The first-order valence-corrected chi connectivity index (χ1v) is 6.19. The van der Waals surface area contributed by atoms with Crippen molar-refractivity contribution in [2.24, 2.45) is 0 Å². The van der Waals surface area contributed by atoms with Crippen LogP contribution in [-0.2, 0) is 0 Å². The molecule has 0 unspecified atom stereocenters. The van der Waals surface area contributed by atoms with Gasteiger partial charge in [-0.25, -0.2) is 0 Å². The normalized spacial score (nSPS) is 10.9. The third-order valence-corrected chi connectivity index (χ3v) is 2.48. The van der Waals surface area contributed by atoms with Gasteiger partial charge in [-0.05, 0) is 68.5 Å². The van der Waals surface area contributed by atoms with Gasteiger partial charge in [0.05, 0.1) is 15.8 Å². The summed E-state index contributed by atoms with van der Waals surface area (Å²) in [6, 6.07) is 5.90. The maximum Gasteiger partial charge on any atom is 0.133 e. The molecule has 0 radical (unpaired) electrons. The van der Waals surface area contributed by atoms with Gasteiger partial charge in [0.1, 0.15) is 11.5 Å². The lowest BCUT2D eigenvalue weighted by Gasteiger charge is -2.14. The Kier molecular flexibility index (Phi) is 4.70. The molecule has 0 atom stereocenters. The first-order valence-electron chi connectivity index (χ1n) is 5.12. The molecule has 0 saturated heterocycles. The molecule has 0 saturated carbocycles. The van der Waals surface area contributed by atoms with E-state index in [1.165, 1.54) is 0 Å². The summed E-state index contributed by atoms with van der Waals surface area (Å²) >= 11 is 2.26. The molecule has 0 aliphatic heterocycles. The average Bonchev–Trinajstić information content (AvgIpc) is 2.08. The molecule has 3 heteroatoms. The van der Waals surface area contributed by atoms with Crippen molar-refractivity contribution < 1.29 is 9.47 Å². The first-order chi connectivity index (χ1) is 6.99. The van der Waals surface area contributed by atoms with E-state index < -0.39 is 0 Å². The molecular formula is C12H17IO2. The van der Waals surface area contributed by atoms with Crippen LogP contribution in [0.3, 0.4) is 0 Å². The van der Waals surface area contributed by atoms with Crippen LogP contribution in [0.15, 0.2) is 18.2 Å². The fourth-order valence-electron chi connectivity index (χ4n) is 1.18. The molecule has 15 heavy (non-hydrogen) atoms. The Balaban J connectivity index is 2.78. The Morgan fingerprint density at radius 1 is 1.00 bits per heavy atom. The van der Waals surface area contributed by atoms with Crippen LogP contribution in [0.4, 0.5) is 0 Å². The summed E-state index contributed by atoms with van der Waals surface area (Å²) in [5.41, 5.74) is 0. The summed E-state index contributed by atoms with van der Waals surface area (Å²) in [7, 11) is 0. The highest BCUT2D eigenvalue weighted by atomic mass is 127. The summed E-state index contributed by atoms with van der Waals surface area (Å²) in [5, 5.41) is 0. The van der Waals surface area contributed by atoms with E-state index >= 15 is 0 Å². The molecule has 0 bridgehead atoms. The smallest absolute Gasteiger partial charge is 0.133 e. The highest BCUT2D eigenvalue weighted by molar-refractivity contribution is 14.1. The van der Waals surface area contributed by atoms with Crippen LogP contribution in [-0.4, -0.2) is 12.2 Å². The maximum atomic E-state index is 5.64. The zero-order valence-corrected chi connectivity index (χ0v) is 11.7. The molecule has 0 aliphatic rings. The predicted octanol–water partition coefficient (Wildman–Crippen LogP) is 3.87. The van der Waals surface area contributed by atoms with Crippen LogP contribution in [0.2, 0.25) is 0 Å². The summed E-state index contributed by atoms with van der Waals surface area (Å²) in [5.74, 6) is 1.81. The number of ether oxygens (including phenoxy) is 2. The minimum Gasteiger partial charge on any atom is -0.491 e. The third kappa shape index (κ3) is 4.28. The topological polar surface area (TPSA) is 18.5 Å². The van der Waals surface area contributed by atoms with E-state index in [-0.39, 0.29) is 12.2 Å². The van der Waals surface area contributed by atoms with Crippen molar-refractivity contribution in [2.75, 3.05) is 0 Å². The van der Waals surface area contributed by atoms with Gasteiger partial charge < -0.3 is 9.47 Å². The van der Waals surface area contributed by atoms with Crippen molar-refractivity contribution in [3.05, 3.63) is 21.8 Å². The highest BCUT2D eigenvalue weighted by Crippen LogP contribution is 2.27. The van der Waals surface area contributed by atoms with E-state index in [2.05, 4.69) is 22.6 Å². The summed E-state index contributed by atoms with van der Waals surface area (Å²) < 4.78 is 12.3. The van der Waals surface area contributed by atoms with Gasteiger partial charge in [-0.1, -0.05) is 0 Å². The molecular weight excluding hydrogens is 303 g/mol. The quantitative estimate of drug-likeness (QED) is 0.784. The van der Waals surface area contributed by atoms with Crippen LogP contribution in [0.5, 0.6) is 11.5 Å². The monoisotopic (exact) mass is 320 g/mol. The van der Waals surface area contributed by atoms with Crippen LogP contribution in [0, 0.1) is 3.57 Å². The van der Waals surface area contributed by atoms with Crippen molar-refractivity contribution in [2.45, 2.75) is 39.9 Å². The van der Waals surface area contributed by atoms with Gasteiger partial charge in [0.2, 0.25) is 0 Å². The molecule has 0 aromatic heterocycles.